The number of ether oxygens (including phenoxy) is 1. The lowest BCUT2D eigenvalue weighted by Crippen LogP contribution is -2.36. The van der Waals surface area contributed by atoms with Crippen molar-refractivity contribution in [3.63, 3.8) is 0 Å². The molecule has 2 rings (SSSR count). The van der Waals surface area contributed by atoms with Crippen LogP contribution in [0, 0.1) is 11.3 Å². The van der Waals surface area contributed by atoms with E-state index in [1.807, 2.05) is 62.1 Å². The zero-order chi connectivity index (χ0) is 18.9. The van der Waals surface area contributed by atoms with Crippen LogP contribution < -0.4 is 4.74 Å². The Balaban J connectivity index is 2.03. The van der Waals surface area contributed by atoms with Crippen LogP contribution in [0.4, 0.5) is 0 Å². The molecule has 0 saturated heterocycles. The lowest BCUT2D eigenvalue weighted by molar-refractivity contribution is -0.133. The van der Waals surface area contributed by atoms with Gasteiger partial charge in [0.2, 0.25) is 5.91 Å². The summed E-state index contributed by atoms with van der Waals surface area (Å²) in [7, 11) is 0. The van der Waals surface area contributed by atoms with Crippen LogP contribution in [-0.2, 0) is 17.8 Å². The van der Waals surface area contributed by atoms with E-state index in [0.717, 1.165) is 16.9 Å². The number of hydrogen-bond donors (Lipinski definition) is 0. The van der Waals surface area contributed by atoms with E-state index >= 15 is 0 Å². The smallest absolute Gasteiger partial charge is 0.223 e. The molecular formula is C22H26N2O2. The monoisotopic (exact) mass is 350 g/mol. The summed E-state index contributed by atoms with van der Waals surface area (Å²) in [5.41, 5.74) is 2.72. The maximum Gasteiger partial charge on any atom is 0.223 e. The second kappa shape index (κ2) is 9.62. The van der Waals surface area contributed by atoms with Crippen LogP contribution in [0.2, 0.25) is 0 Å². The molecular weight excluding hydrogens is 324 g/mol. The summed E-state index contributed by atoms with van der Waals surface area (Å²) in [4.78, 5) is 14.7. The average Bonchev–Trinajstić information content (AvgIpc) is 2.65. The maximum atomic E-state index is 12.8. The van der Waals surface area contributed by atoms with Crippen LogP contribution in [0.5, 0.6) is 5.75 Å². The van der Waals surface area contributed by atoms with Crippen LogP contribution in [0.3, 0.4) is 0 Å². The second-order valence-corrected chi connectivity index (χ2v) is 6.46. The van der Waals surface area contributed by atoms with Crippen LogP contribution in [0.25, 0.3) is 0 Å². The number of aryl methyl sites for hydroxylation is 1. The van der Waals surface area contributed by atoms with Gasteiger partial charge in [-0.05, 0) is 56.5 Å². The van der Waals surface area contributed by atoms with Crippen LogP contribution in [-0.4, -0.2) is 23.5 Å². The molecule has 136 valence electrons. The van der Waals surface area contributed by atoms with Gasteiger partial charge in [0.25, 0.3) is 0 Å². The van der Waals surface area contributed by atoms with Crippen molar-refractivity contribution >= 4 is 5.91 Å². The Morgan fingerprint density at radius 2 is 1.85 bits per heavy atom. The van der Waals surface area contributed by atoms with Gasteiger partial charge in [0.1, 0.15) is 5.75 Å². The molecule has 4 heteroatoms. The van der Waals surface area contributed by atoms with E-state index in [1.54, 1.807) is 12.1 Å². The van der Waals surface area contributed by atoms with Crippen LogP contribution in [0.1, 0.15) is 43.9 Å². The van der Waals surface area contributed by atoms with Gasteiger partial charge in [-0.1, -0.05) is 30.3 Å². The standard InChI is InChI=1S/C22H26N2O2/c1-4-26-21-8-6-5-7-20(21)13-14-22(25)24(17(2)3)16-19-11-9-18(15-23)10-12-19/h5-12,17H,4,13-14,16H2,1-3H3. The van der Waals surface area contributed by atoms with Gasteiger partial charge >= 0.3 is 0 Å². The Hall–Kier alpha value is -2.80. The van der Waals surface area contributed by atoms with Crippen molar-refractivity contribution < 1.29 is 9.53 Å². The summed E-state index contributed by atoms with van der Waals surface area (Å²) in [5, 5.41) is 8.90. The molecule has 4 nitrogen and oxygen atoms in total. The van der Waals surface area contributed by atoms with Crippen molar-refractivity contribution in [2.24, 2.45) is 0 Å². The summed E-state index contributed by atoms with van der Waals surface area (Å²) in [5.74, 6) is 0.974. The minimum atomic E-state index is 0.111. The van der Waals surface area contributed by atoms with Crippen LogP contribution >= 0.6 is 0 Å². The van der Waals surface area contributed by atoms with Crippen molar-refractivity contribution in [3.8, 4) is 11.8 Å². The fraction of sp³-hybridized carbons (Fsp3) is 0.364. The van der Waals surface area contributed by atoms with Gasteiger partial charge in [-0.15, -0.1) is 0 Å². The van der Waals surface area contributed by atoms with Gasteiger partial charge in [0.15, 0.2) is 0 Å². The third-order valence-corrected chi connectivity index (χ3v) is 4.26. The Kier molecular flexibility index (Phi) is 7.23. The van der Waals surface area contributed by atoms with Gasteiger partial charge in [-0.2, -0.15) is 5.26 Å². The first-order chi connectivity index (χ1) is 12.5. The molecule has 0 spiro atoms. The number of carbonyl (C=O) groups is 1. The number of hydrogen-bond acceptors (Lipinski definition) is 3. The first-order valence-corrected chi connectivity index (χ1v) is 9.04. The normalized spacial score (nSPS) is 10.4. The van der Waals surface area contributed by atoms with Gasteiger partial charge in [0, 0.05) is 19.0 Å². The van der Waals surface area contributed by atoms with Crippen molar-refractivity contribution in [1.29, 1.82) is 5.26 Å². The molecule has 2 aromatic carbocycles. The minimum absolute atomic E-state index is 0.111. The second-order valence-electron chi connectivity index (χ2n) is 6.46. The van der Waals surface area contributed by atoms with Gasteiger partial charge in [-0.25, -0.2) is 0 Å². The fourth-order valence-corrected chi connectivity index (χ4v) is 2.83. The van der Waals surface area contributed by atoms with Gasteiger partial charge in [0.05, 0.1) is 18.2 Å². The summed E-state index contributed by atoms with van der Waals surface area (Å²) in [6.45, 7) is 7.17. The van der Waals surface area contributed by atoms with E-state index in [0.29, 0.717) is 31.6 Å². The summed E-state index contributed by atoms with van der Waals surface area (Å²) >= 11 is 0. The van der Waals surface area contributed by atoms with Crippen molar-refractivity contribution in [2.45, 2.75) is 46.2 Å². The first kappa shape index (κ1) is 19.5. The van der Waals surface area contributed by atoms with Crippen molar-refractivity contribution in [2.75, 3.05) is 6.61 Å². The number of rotatable bonds is 8. The van der Waals surface area contributed by atoms with Crippen LogP contribution in [0.15, 0.2) is 48.5 Å². The highest BCUT2D eigenvalue weighted by Gasteiger charge is 2.18. The van der Waals surface area contributed by atoms with E-state index in [2.05, 4.69) is 6.07 Å². The predicted molar refractivity (Wildman–Crippen MR) is 103 cm³/mol. The average molecular weight is 350 g/mol. The molecule has 0 saturated carbocycles. The third-order valence-electron chi connectivity index (χ3n) is 4.26. The molecule has 26 heavy (non-hydrogen) atoms. The zero-order valence-electron chi connectivity index (χ0n) is 15.7. The third kappa shape index (κ3) is 5.35. The quantitative estimate of drug-likeness (QED) is 0.712. The number of benzene rings is 2. The van der Waals surface area contributed by atoms with Gasteiger partial charge in [-0.3, -0.25) is 4.79 Å². The molecule has 0 bridgehead atoms. The largest absolute Gasteiger partial charge is 0.494 e. The molecule has 0 atom stereocenters. The molecule has 2 aromatic rings. The lowest BCUT2D eigenvalue weighted by atomic mass is 10.1. The van der Waals surface area contributed by atoms with Crippen molar-refractivity contribution in [3.05, 3.63) is 65.2 Å². The Bertz CT molecular complexity index is 760. The first-order valence-electron chi connectivity index (χ1n) is 9.04. The van der Waals surface area contributed by atoms with E-state index in [9.17, 15) is 4.79 Å². The molecule has 0 aromatic heterocycles. The molecule has 0 aliphatic rings. The Morgan fingerprint density at radius 1 is 1.15 bits per heavy atom. The van der Waals surface area contributed by atoms with Gasteiger partial charge < -0.3 is 9.64 Å². The lowest BCUT2D eigenvalue weighted by Gasteiger charge is -2.27. The molecule has 0 N–H and O–H groups in total. The maximum absolute atomic E-state index is 12.8. The number of amides is 1. The topological polar surface area (TPSA) is 53.3 Å². The summed E-state index contributed by atoms with van der Waals surface area (Å²) in [6, 6.07) is 17.5. The number of nitrogens with zero attached hydrogens (tertiary/aromatic N) is 2. The highest BCUT2D eigenvalue weighted by atomic mass is 16.5. The number of para-hydroxylation sites is 1. The highest BCUT2D eigenvalue weighted by Crippen LogP contribution is 2.20. The fourth-order valence-electron chi connectivity index (χ4n) is 2.83. The molecule has 0 aliphatic carbocycles. The molecule has 0 fully saturated rings. The molecule has 0 radical (unpaired) electrons. The SMILES string of the molecule is CCOc1ccccc1CCC(=O)N(Cc1ccc(C#N)cc1)C(C)C. The van der Waals surface area contributed by atoms with E-state index in [1.165, 1.54) is 0 Å². The summed E-state index contributed by atoms with van der Waals surface area (Å²) in [6.07, 6.45) is 1.10. The number of nitriles is 1. The summed E-state index contributed by atoms with van der Waals surface area (Å²) < 4.78 is 5.64. The predicted octanol–water partition coefficient (Wildman–Crippen LogP) is 4.33. The zero-order valence-corrected chi connectivity index (χ0v) is 15.7. The van der Waals surface area contributed by atoms with E-state index in [-0.39, 0.29) is 11.9 Å². The molecule has 0 aliphatic heterocycles. The Labute approximate surface area is 156 Å². The minimum Gasteiger partial charge on any atom is -0.494 e. The Morgan fingerprint density at radius 3 is 2.46 bits per heavy atom. The molecule has 1 amide bonds. The van der Waals surface area contributed by atoms with E-state index in [4.69, 9.17) is 10.00 Å². The molecule has 0 unspecified atom stereocenters. The highest BCUT2D eigenvalue weighted by molar-refractivity contribution is 5.77. The number of carbonyl (C=O) groups excluding carboxylic acids is 1. The van der Waals surface area contributed by atoms with Crippen molar-refractivity contribution in [1.82, 2.24) is 4.90 Å². The van der Waals surface area contributed by atoms with E-state index < -0.39 is 0 Å². The molecule has 0 heterocycles.